The Morgan fingerprint density at radius 3 is 3.04 bits per heavy atom. The lowest BCUT2D eigenvalue weighted by atomic mass is 10.1. The normalized spacial score (nSPS) is 25.3. The molecule has 2 aliphatic rings. The third-order valence-electron chi connectivity index (χ3n) is 4.89. The van der Waals surface area contributed by atoms with Crippen LogP contribution in [0.15, 0.2) is 30.5 Å². The van der Waals surface area contributed by atoms with Crippen LogP contribution < -0.4 is 5.32 Å². The molecule has 5 nitrogen and oxygen atoms in total. The zero-order valence-electron chi connectivity index (χ0n) is 13.5. The van der Waals surface area contributed by atoms with Gasteiger partial charge >= 0.3 is 0 Å². The van der Waals surface area contributed by atoms with Gasteiger partial charge in [0, 0.05) is 37.9 Å². The Bertz CT molecular complexity index is 724. The number of ether oxygens (including phenoxy) is 1. The summed E-state index contributed by atoms with van der Waals surface area (Å²) >= 11 is 0. The fourth-order valence-corrected chi connectivity index (χ4v) is 3.73. The van der Waals surface area contributed by atoms with Crippen molar-refractivity contribution in [3.05, 3.63) is 36.0 Å². The van der Waals surface area contributed by atoms with E-state index in [0.29, 0.717) is 13.2 Å². The molecule has 2 atom stereocenters. The Hall–Kier alpha value is -1.85. The van der Waals surface area contributed by atoms with E-state index in [9.17, 15) is 4.79 Å². The topological polar surface area (TPSA) is 46.5 Å². The predicted molar refractivity (Wildman–Crippen MR) is 89.1 cm³/mol. The van der Waals surface area contributed by atoms with Gasteiger partial charge in [0.1, 0.15) is 0 Å². The van der Waals surface area contributed by atoms with E-state index < -0.39 is 0 Å². The van der Waals surface area contributed by atoms with Crippen molar-refractivity contribution >= 4 is 16.8 Å². The zero-order valence-corrected chi connectivity index (χ0v) is 13.5. The number of nitrogens with zero attached hydrogens (tertiary/aromatic N) is 2. The van der Waals surface area contributed by atoms with Gasteiger partial charge in [-0.1, -0.05) is 6.07 Å². The van der Waals surface area contributed by atoms with Gasteiger partial charge in [-0.05, 0) is 36.1 Å². The van der Waals surface area contributed by atoms with Crippen LogP contribution in [0.4, 0.5) is 0 Å². The fourth-order valence-electron chi connectivity index (χ4n) is 3.73. The lowest BCUT2D eigenvalue weighted by Gasteiger charge is -2.27. The molecular weight excluding hydrogens is 290 g/mol. The first-order valence-corrected chi connectivity index (χ1v) is 8.41. The Kier molecular flexibility index (Phi) is 3.83. The Morgan fingerprint density at radius 1 is 1.26 bits per heavy atom. The summed E-state index contributed by atoms with van der Waals surface area (Å²) in [5.74, 6) is 0.0953. The first-order chi connectivity index (χ1) is 11.2. The van der Waals surface area contributed by atoms with Crippen molar-refractivity contribution in [1.29, 1.82) is 0 Å². The predicted octanol–water partition coefficient (Wildman–Crippen LogP) is 1.61. The number of fused-ring (bicyclic) bond motifs is 4. The molecule has 1 aromatic carbocycles. The number of carbonyl (C=O) groups excluding carboxylic acids is 1. The second-order valence-corrected chi connectivity index (χ2v) is 6.63. The highest BCUT2D eigenvalue weighted by molar-refractivity contribution is 5.81. The average Bonchev–Trinajstić information content (AvgIpc) is 2.77. The highest BCUT2D eigenvalue weighted by atomic mass is 16.5. The Balaban J connectivity index is 1.54. The molecule has 5 heteroatoms. The molecule has 2 saturated heterocycles. The molecule has 1 N–H and O–H groups in total. The van der Waals surface area contributed by atoms with Crippen LogP contribution >= 0.6 is 0 Å². The quantitative estimate of drug-likeness (QED) is 0.936. The maximum absolute atomic E-state index is 12.1. The monoisotopic (exact) mass is 313 g/mol. The van der Waals surface area contributed by atoms with Gasteiger partial charge < -0.3 is 14.6 Å². The van der Waals surface area contributed by atoms with E-state index in [-0.39, 0.29) is 17.9 Å². The van der Waals surface area contributed by atoms with Crippen molar-refractivity contribution in [2.45, 2.75) is 26.1 Å². The second-order valence-electron chi connectivity index (χ2n) is 6.63. The standard InChI is InChI=1S/C18H23N3O2/c1-2-21-6-5-14-7-13(3-4-17(14)21)8-20-9-15-11-23-12-16(10-20)19-18(15)22/h3-7,15-16H,2,8-12H2,1H3,(H,19,22)/t15-,16+/m1/s1. The summed E-state index contributed by atoms with van der Waals surface area (Å²) < 4.78 is 7.85. The van der Waals surface area contributed by atoms with Crippen LogP contribution in [0.3, 0.4) is 0 Å². The maximum atomic E-state index is 12.1. The number of benzene rings is 1. The largest absolute Gasteiger partial charge is 0.378 e. The molecule has 2 aliphatic heterocycles. The first kappa shape index (κ1) is 14.7. The molecule has 0 aliphatic carbocycles. The summed E-state index contributed by atoms with van der Waals surface area (Å²) in [6, 6.07) is 8.98. The van der Waals surface area contributed by atoms with Crippen LogP contribution in [0.2, 0.25) is 0 Å². The smallest absolute Gasteiger partial charge is 0.227 e. The van der Waals surface area contributed by atoms with Crippen LogP contribution in [0.5, 0.6) is 0 Å². The molecule has 1 amide bonds. The number of aryl methyl sites for hydroxylation is 1. The molecule has 0 radical (unpaired) electrons. The van der Waals surface area contributed by atoms with E-state index in [1.165, 1.54) is 16.5 Å². The van der Waals surface area contributed by atoms with Crippen LogP contribution in [0.1, 0.15) is 12.5 Å². The number of carbonyl (C=O) groups is 1. The summed E-state index contributed by atoms with van der Waals surface area (Å²) in [6.45, 7) is 6.83. The van der Waals surface area contributed by atoms with Crippen molar-refractivity contribution in [3.8, 4) is 0 Å². The zero-order chi connectivity index (χ0) is 15.8. The van der Waals surface area contributed by atoms with E-state index in [1.807, 2.05) is 0 Å². The van der Waals surface area contributed by atoms with Gasteiger partial charge in [-0.15, -0.1) is 0 Å². The second kappa shape index (κ2) is 5.98. The summed E-state index contributed by atoms with van der Waals surface area (Å²) in [6.07, 6.45) is 2.14. The molecule has 122 valence electrons. The van der Waals surface area contributed by atoms with E-state index in [1.54, 1.807) is 0 Å². The van der Waals surface area contributed by atoms with Crippen molar-refractivity contribution in [2.75, 3.05) is 26.3 Å². The lowest BCUT2D eigenvalue weighted by molar-refractivity contribution is -0.125. The van der Waals surface area contributed by atoms with Crippen LogP contribution in [-0.2, 0) is 22.6 Å². The molecule has 3 heterocycles. The molecular formula is C18H23N3O2. The van der Waals surface area contributed by atoms with Gasteiger partial charge in [-0.2, -0.15) is 0 Å². The molecule has 2 aromatic rings. The Labute approximate surface area is 136 Å². The summed E-state index contributed by atoms with van der Waals surface area (Å²) in [5.41, 5.74) is 2.59. The number of hydrogen-bond donors (Lipinski definition) is 1. The number of rotatable bonds is 3. The third kappa shape index (κ3) is 2.86. The number of hydrogen-bond acceptors (Lipinski definition) is 3. The van der Waals surface area contributed by atoms with Gasteiger partial charge in [0.25, 0.3) is 0 Å². The van der Waals surface area contributed by atoms with Crippen molar-refractivity contribution in [3.63, 3.8) is 0 Å². The molecule has 0 saturated carbocycles. The van der Waals surface area contributed by atoms with E-state index >= 15 is 0 Å². The van der Waals surface area contributed by atoms with Crippen molar-refractivity contribution in [1.82, 2.24) is 14.8 Å². The fraction of sp³-hybridized carbons (Fsp3) is 0.500. The van der Waals surface area contributed by atoms with Crippen molar-refractivity contribution < 1.29 is 9.53 Å². The summed E-state index contributed by atoms with van der Waals surface area (Å²) in [5, 5.41) is 4.38. The highest BCUT2D eigenvalue weighted by Gasteiger charge is 2.33. The van der Waals surface area contributed by atoms with E-state index in [2.05, 4.69) is 52.2 Å². The van der Waals surface area contributed by atoms with Crippen LogP contribution in [-0.4, -0.2) is 47.7 Å². The molecule has 2 bridgehead atoms. The third-order valence-corrected chi connectivity index (χ3v) is 4.89. The van der Waals surface area contributed by atoms with Crippen LogP contribution in [0, 0.1) is 5.92 Å². The maximum Gasteiger partial charge on any atom is 0.227 e. The SMILES string of the molecule is CCn1ccc2cc(CN3C[C@H]4COC[C@@H](C3)C(=O)N4)ccc21. The summed E-state index contributed by atoms with van der Waals surface area (Å²) in [7, 11) is 0. The molecule has 23 heavy (non-hydrogen) atoms. The lowest BCUT2D eigenvalue weighted by Crippen LogP contribution is -2.41. The molecule has 4 rings (SSSR count). The number of amides is 1. The minimum atomic E-state index is -0.0487. The molecule has 0 spiro atoms. The van der Waals surface area contributed by atoms with E-state index in [4.69, 9.17) is 4.74 Å². The van der Waals surface area contributed by atoms with Gasteiger partial charge in [0.15, 0.2) is 0 Å². The molecule has 1 aromatic heterocycles. The minimum absolute atomic E-state index is 0.0487. The Morgan fingerprint density at radius 2 is 2.17 bits per heavy atom. The average molecular weight is 313 g/mol. The summed E-state index contributed by atoms with van der Waals surface area (Å²) in [4.78, 5) is 14.5. The van der Waals surface area contributed by atoms with Crippen LogP contribution in [0.25, 0.3) is 10.9 Å². The van der Waals surface area contributed by atoms with Gasteiger partial charge in [-0.25, -0.2) is 0 Å². The number of nitrogens with one attached hydrogen (secondary N) is 1. The van der Waals surface area contributed by atoms with Gasteiger partial charge in [0.05, 0.1) is 25.2 Å². The molecule has 2 fully saturated rings. The highest BCUT2D eigenvalue weighted by Crippen LogP contribution is 2.21. The minimum Gasteiger partial charge on any atom is -0.378 e. The first-order valence-electron chi connectivity index (χ1n) is 8.41. The number of aromatic nitrogens is 1. The van der Waals surface area contributed by atoms with Crippen molar-refractivity contribution in [2.24, 2.45) is 5.92 Å². The van der Waals surface area contributed by atoms with E-state index in [0.717, 1.165) is 26.2 Å². The molecule has 0 unspecified atom stereocenters. The van der Waals surface area contributed by atoms with Gasteiger partial charge in [-0.3, -0.25) is 9.69 Å². The van der Waals surface area contributed by atoms with Gasteiger partial charge in [0.2, 0.25) is 5.91 Å².